The number of anilines is 1. The van der Waals surface area contributed by atoms with Crippen molar-refractivity contribution < 1.29 is 18.0 Å². The third kappa shape index (κ3) is 5.21. The molecular weight excluding hydrogens is 340 g/mol. The van der Waals surface area contributed by atoms with Gasteiger partial charge in [0.1, 0.15) is 0 Å². The highest BCUT2D eigenvalue weighted by Crippen LogP contribution is 2.19. The number of hydrogen-bond donors (Lipinski definition) is 1. The first-order valence-electron chi connectivity index (χ1n) is 7.30. The zero-order valence-corrected chi connectivity index (χ0v) is 14.4. The van der Waals surface area contributed by atoms with Gasteiger partial charge in [0.05, 0.1) is 11.5 Å². The molecule has 1 atom stereocenters. The molecule has 1 saturated heterocycles. The number of sulfone groups is 1. The van der Waals surface area contributed by atoms with Gasteiger partial charge in [0.15, 0.2) is 9.84 Å². The predicted molar refractivity (Wildman–Crippen MR) is 89.1 cm³/mol. The second-order valence-corrected chi connectivity index (χ2v) is 8.24. The SMILES string of the molecule is CC(=O)N(CCC(=O)Nc1ccc(Cl)cc1)C1CCS(=O)(=O)C1. The van der Waals surface area contributed by atoms with E-state index < -0.39 is 9.84 Å². The Labute approximate surface area is 140 Å². The van der Waals surface area contributed by atoms with Crippen molar-refractivity contribution in [1.82, 2.24) is 4.90 Å². The first-order valence-corrected chi connectivity index (χ1v) is 9.50. The third-order valence-corrected chi connectivity index (χ3v) is 5.76. The molecule has 1 aliphatic rings. The van der Waals surface area contributed by atoms with Crippen LogP contribution in [0.5, 0.6) is 0 Å². The van der Waals surface area contributed by atoms with Crippen LogP contribution in [0.2, 0.25) is 5.02 Å². The normalized spacial score (nSPS) is 19.3. The van der Waals surface area contributed by atoms with Crippen LogP contribution in [0, 0.1) is 0 Å². The lowest BCUT2D eigenvalue weighted by Crippen LogP contribution is -2.41. The number of hydrogen-bond acceptors (Lipinski definition) is 4. The van der Waals surface area contributed by atoms with Gasteiger partial charge in [-0.1, -0.05) is 11.6 Å². The molecule has 23 heavy (non-hydrogen) atoms. The minimum Gasteiger partial charge on any atom is -0.338 e. The maximum Gasteiger partial charge on any atom is 0.226 e. The number of benzene rings is 1. The molecule has 0 aromatic heterocycles. The van der Waals surface area contributed by atoms with Gasteiger partial charge < -0.3 is 10.2 Å². The van der Waals surface area contributed by atoms with Crippen molar-refractivity contribution in [3.05, 3.63) is 29.3 Å². The predicted octanol–water partition coefficient (Wildman–Crippen LogP) is 1.70. The summed E-state index contributed by atoms with van der Waals surface area (Å²) in [5.74, 6) is -0.380. The van der Waals surface area contributed by atoms with Gasteiger partial charge in [-0.25, -0.2) is 8.42 Å². The van der Waals surface area contributed by atoms with Gasteiger partial charge >= 0.3 is 0 Å². The molecule has 1 aromatic rings. The van der Waals surface area contributed by atoms with Gasteiger partial charge in [-0.05, 0) is 30.7 Å². The molecule has 1 heterocycles. The van der Waals surface area contributed by atoms with Crippen molar-refractivity contribution in [2.75, 3.05) is 23.4 Å². The van der Waals surface area contributed by atoms with Gasteiger partial charge in [0, 0.05) is 36.6 Å². The Morgan fingerprint density at radius 1 is 1.30 bits per heavy atom. The highest BCUT2D eigenvalue weighted by molar-refractivity contribution is 7.91. The van der Waals surface area contributed by atoms with Crippen molar-refractivity contribution in [3.8, 4) is 0 Å². The molecule has 0 bridgehead atoms. The molecule has 6 nitrogen and oxygen atoms in total. The molecule has 126 valence electrons. The second-order valence-electron chi connectivity index (χ2n) is 5.57. The molecule has 0 spiro atoms. The Balaban J connectivity index is 1.90. The fourth-order valence-corrected chi connectivity index (χ4v) is 4.45. The molecule has 1 aliphatic heterocycles. The third-order valence-electron chi connectivity index (χ3n) is 3.76. The van der Waals surface area contributed by atoms with E-state index in [0.717, 1.165) is 0 Å². The first kappa shape index (κ1) is 17.7. The summed E-state index contributed by atoms with van der Waals surface area (Å²) < 4.78 is 23.1. The van der Waals surface area contributed by atoms with E-state index in [1.54, 1.807) is 24.3 Å². The molecule has 2 rings (SSSR count). The molecule has 0 saturated carbocycles. The molecule has 0 aliphatic carbocycles. The van der Waals surface area contributed by atoms with Crippen molar-refractivity contribution in [2.24, 2.45) is 0 Å². The van der Waals surface area contributed by atoms with Gasteiger partial charge in [-0.15, -0.1) is 0 Å². The molecule has 2 amide bonds. The summed E-state index contributed by atoms with van der Waals surface area (Å²) in [5.41, 5.74) is 0.622. The Morgan fingerprint density at radius 3 is 2.48 bits per heavy atom. The van der Waals surface area contributed by atoms with E-state index >= 15 is 0 Å². The minimum absolute atomic E-state index is 0.0224. The average molecular weight is 359 g/mol. The van der Waals surface area contributed by atoms with Gasteiger partial charge in [0.2, 0.25) is 11.8 Å². The van der Waals surface area contributed by atoms with E-state index in [0.29, 0.717) is 17.1 Å². The lowest BCUT2D eigenvalue weighted by atomic mass is 10.2. The molecule has 1 fully saturated rings. The summed E-state index contributed by atoms with van der Waals surface area (Å²) in [6.07, 6.45) is 0.541. The van der Waals surface area contributed by atoms with Crippen molar-refractivity contribution >= 4 is 38.9 Å². The topological polar surface area (TPSA) is 83.6 Å². The summed E-state index contributed by atoms with van der Waals surface area (Å²) in [6.45, 7) is 1.59. The van der Waals surface area contributed by atoms with Gasteiger partial charge in [-0.2, -0.15) is 0 Å². The van der Waals surface area contributed by atoms with Gasteiger partial charge in [0.25, 0.3) is 0 Å². The highest BCUT2D eigenvalue weighted by Gasteiger charge is 2.33. The lowest BCUT2D eigenvalue weighted by Gasteiger charge is -2.26. The van der Waals surface area contributed by atoms with Crippen LogP contribution in [0.1, 0.15) is 19.8 Å². The molecule has 8 heteroatoms. The number of nitrogens with zero attached hydrogens (tertiary/aromatic N) is 1. The van der Waals surface area contributed by atoms with Gasteiger partial charge in [-0.3, -0.25) is 9.59 Å². The smallest absolute Gasteiger partial charge is 0.226 e. The van der Waals surface area contributed by atoms with Crippen LogP contribution in [0.4, 0.5) is 5.69 Å². The molecule has 1 unspecified atom stereocenters. The molecule has 1 N–H and O–H groups in total. The van der Waals surface area contributed by atoms with E-state index in [9.17, 15) is 18.0 Å². The minimum atomic E-state index is -3.07. The lowest BCUT2D eigenvalue weighted by molar-refractivity contribution is -0.131. The number of amides is 2. The summed E-state index contributed by atoms with van der Waals surface area (Å²) in [5, 5.41) is 3.29. The summed E-state index contributed by atoms with van der Waals surface area (Å²) in [7, 11) is -3.07. The standard InChI is InChI=1S/C15H19ClN2O4S/c1-11(19)18(14-7-9-23(21,22)10-14)8-6-15(20)17-13-4-2-12(16)3-5-13/h2-5,14H,6-10H2,1H3,(H,17,20). The summed E-state index contributed by atoms with van der Waals surface area (Å²) >= 11 is 5.78. The van der Waals surface area contributed by atoms with Crippen LogP contribution in [-0.4, -0.2) is 49.2 Å². The maximum absolute atomic E-state index is 12.0. The number of carbonyl (C=O) groups is 2. The second kappa shape index (κ2) is 7.31. The van der Waals surface area contributed by atoms with E-state index in [-0.39, 0.29) is 42.3 Å². The van der Waals surface area contributed by atoms with Crippen LogP contribution in [0.25, 0.3) is 0 Å². The molecule has 1 aromatic carbocycles. The Hall–Kier alpha value is -1.60. The van der Waals surface area contributed by atoms with E-state index in [4.69, 9.17) is 11.6 Å². The van der Waals surface area contributed by atoms with Crippen molar-refractivity contribution in [3.63, 3.8) is 0 Å². The summed E-state index contributed by atoms with van der Waals surface area (Å²) in [4.78, 5) is 25.2. The first-order chi connectivity index (χ1) is 10.8. The monoisotopic (exact) mass is 358 g/mol. The zero-order valence-electron chi connectivity index (χ0n) is 12.8. The van der Waals surface area contributed by atoms with Crippen LogP contribution in [-0.2, 0) is 19.4 Å². The summed E-state index contributed by atoms with van der Waals surface area (Å²) in [6, 6.07) is 6.38. The molecular formula is C15H19ClN2O4S. The zero-order chi connectivity index (χ0) is 17.0. The fourth-order valence-electron chi connectivity index (χ4n) is 2.60. The number of halogens is 1. The van der Waals surface area contributed by atoms with Crippen LogP contribution >= 0.6 is 11.6 Å². The number of carbonyl (C=O) groups excluding carboxylic acids is 2. The Bertz CT molecular complexity index is 688. The Kier molecular flexibility index (Phi) is 5.64. The van der Waals surface area contributed by atoms with E-state index in [2.05, 4.69) is 5.32 Å². The fraction of sp³-hybridized carbons (Fsp3) is 0.467. The number of nitrogens with one attached hydrogen (secondary N) is 1. The van der Waals surface area contributed by atoms with E-state index in [1.165, 1.54) is 11.8 Å². The molecule has 0 radical (unpaired) electrons. The van der Waals surface area contributed by atoms with Crippen molar-refractivity contribution in [2.45, 2.75) is 25.8 Å². The Morgan fingerprint density at radius 2 is 1.96 bits per heavy atom. The largest absolute Gasteiger partial charge is 0.338 e. The van der Waals surface area contributed by atoms with Crippen LogP contribution in [0.3, 0.4) is 0 Å². The maximum atomic E-state index is 12.0. The van der Waals surface area contributed by atoms with Crippen molar-refractivity contribution in [1.29, 1.82) is 0 Å². The quantitative estimate of drug-likeness (QED) is 0.868. The average Bonchev–Trinajstić information content (AvgIpc) is 2.81. The van der Waals surface area contributed by atoms with E-state index in [1.807, 2.05) is 0 Å². The highest BCUT2D eigenvalue weighted by atomic mass is 35.5. The van der Waals surface area contributed by atoms with Crippen LogP contribution in [0.15, 0.2) is 24.3 Å². The van der Waals surface area contributed by atoms with Crippen LogP contribution < -0.4 is 5.32 Å². The number of rotatable bonds is 5.